The fourth-order valence-electron chi connectivity index (χ4n) is 2.59. The molecule has 0 aliphatic rings. The third-order valence-electron chi connectivity index (χ3n) is 3.83. The molecule has 0 saturated carbocycles. The van der Waals surface area contributed by atoms with Gasteiger partial charge in [0.15, 0.2) is 0 Å². The summed E-state index contributed by atoms with van der Waals surface area (Å²) in [7, 11) is -3.82. The third kappa shape index (κ3) is 5.12. The molecule has 2 rings (SSSR count). The van der Waals surface area contributed by atoms with E-state index in [2.05, 4.69) is 5.32 Å². The number of nitrogens with zero attached hydrogens (tertiary/aromatic N) is 2. The van der Waals surface area contributed by atoms with Crippen LogP contribution in [0.1, 0.15) is 13.3 Å². The fourth-order valence-corrected chi connectivity index (χ4v) is 4.09. The van der Waals surface area contributed by atoms with E-state index in [9.17, 15) is 23.3 Å². The molecule has 150 valence electrons. The van der Waals surface area contributed by atoms with Gasteiger partial charge in [-0.2, -0.15) is 0 Å². The van der Waals surface area contributed by atoms with E-state index in [1.165, 1.54) is 36.4 Å². The standard InChI is InChI=1S/C17H17Cl2N3O5S/c1-3-16(21(28(2,26)27)12-6-4-11(18)5-7-12)17(23)20-15-10-13(22(24)25)8-9-14(15)19/h4-10,16H,3H2,1-2H3,(H,20,23)/t16-/m0/s1. The molecule has 0 unspecified atom stereocenters. The number of halogens is 2. The van der Waals surface area contributed by atoms with Gasteiger partial charge in [0.25, 0.3) is 5.69 Å². The molecular formula is C17H17Cl2N3O5S. The van der Waals surface area contributed by atoms with Crippen molar-refractivity contribution in [2.24, 2.45) is 0 Å². The van der Waals surface area contributed by atoms with Gasteiger partial charge in [0, 0.05) is 17.2 Å². The summed E-state index contributed by atoms with van der Waals surface area (Å²) in [5.41, 5.74) is 0.0216. The van der Waals surface area contributed by atoms with Gasteiger partial charge in [-0.25, -0.2) is 8.42 Å². The van der Waals surface area contributed by atoms with E-state index in [0.717, 1.165) is 16.6 Å². The number of nitro groups is 1. The van der Waals surface area contributed by atoms with Gasteiger partial charge in [-0.1, -0.05) is 30.1 Å². The molecule has 11 heteroatoms. The van der Waals surface area contributed by atoms with Crippen LogP contribution in [0.2, 0.25) is 10.0 Å². The molecule has 2 aromatic rings. The molecule has 0 aliphatic heterocycles. The van der Waals surface area contributed by atoms with Gasteiger partial charge >= 0.3 is 0 Å². The molecule has 0 aromatic heterocycles. The summed E-state index contributed by atoms with van der Waals surface area (Å²) >= 11 is 11.9. The monoisotopic (exact) mass is 445 g/mol. The SMILES string of the molecule is CC[C@@H](C(=O)Nc1cc([N+](=O)[O-])ccc1Cl)N(c1ccc(Cl)cc1)S(C)(=O)=O. The van der Waals surface area contributed by atoms with Crippen LogP contribution in [-0.4, -0.2) is 31.5 Å². The zero-order chi connectivity index (χ0) is 21.1. The zero-order valence-electron chi connectivity index (χ0n) is 14.9. The minimum atomic E-state index is -3.82. The summed E-state index contributed by atoms with van der Waals surface area (Å²) in [6, 6.07) is 8.48. The van der Waals surface area contributed by atoms with Crippen molar-refractivity contribution >= 4 is 56.2 Å². The van der Waals surface area contributed by atoms with Crippen molar-refractivity contribution in [3.05, 3.63) is 62.6 Å². The van der Waals surface area contributed by atoms with Gasteiger partial charge < -0.3 is 5.32 Å². The maximum absolute atomic E-state index is 12.8. The maximum Gasteiger partial charge on any atom is 0.271 e. The van der Waals surface area contributed by atoms with Gasteiger partial charge in [0.2, 0.25) is 15.9 Å². The van der Waals surface area contributed by atoms with Crippen LogP contribution in [0, 0.1) is 10.1 Å². The highest BCUT2D eigenvalue weighted by Crippen LogP contribution is 2.29. The molecule has 0 heterocycles. The second kappa shape index (κ2) is 8.76. The van der Waals surface area contributed by atoms with Crippen LogP contribution in [0.15, 0.2) is 42.5 Å². The second-order valence-electron chi connectivity index (χ2n) is 5.87. The van der Waals surface area contributed by atoms with Gasteiger partial charge in [-0.05, 0) is 36.8 Å². The Morgan fingerprint density at radius 1 is 1.21 bits per heavy atom. The van der Waals surface area contributed by atoms with Crippen molar-refractivity contribution in [2.45, 2.75) is 19.4 Å². The summed E-state index contributed by atoms with van der Waals surface area (Å²) in [4.78, 5) is 23.2. The van der Waals surface area contributed by atoms with Crippen molar-refractivity contribution in [1.29, 1.82) is 0 Å². The van der Waals surface area contributed by atoms with E-state index < -0.39 is 26.9 Å². The number of nitrogens with one attached hydrogen (secondary N) is 1. The van der Waals surface area contributed by atoms with Crippen molar-refractivity contribution in [3.63, 3.8) is 0 Å². The average Bonchev–Trinajstić information content (AvgIpc) is 2.61. The minimum absolute atomic E-state index is 0.0175. The highest BCUT2D eigenvalue weighted by atomic mass is 35.5. The number of benzene rings is 2. The molecule has 0 radical (unpaired) electrons. The molecule has 1 amide bonds. The minimum Gasteiger partial charge on any atom is -0.323 e. The summed E-state index contributed by atoms with van der Waals surface area (Å²) in [5.74, 6) is -0.676. The number of amides is 1. The number of rotatable bonds is 7. The Morgan fingerprint density at radius 3 is 2.32 bits per heavy atom. The summed E-state index contributed by atoms with van der Waals surface area (Å²) in [6.07, 6.45) is 1.13. The number of carbonyl (C=O) groups excluding carboxylic acids is 1. The van der Waals surface area contributed by atoms with Crippen molar-refractivity contribution in [3.8, 4) is 0 Å². The van der Waals surface area contributed by atoms with Crippen molar-refractivity contribution in [2.75, 3.05) is 15.9 Å². The average molecular weight is 446 g/mol. The lowest BCUT2D eigenvalue weighted by Gasteiger charge is -2.30. The van der Waals surface area contributed by atoms with E-state index >= 15 is 0 Å². The van der Waals surface area contributed by atoms with Gasteiger partial charge in [-0.3, -0.25) is 19.2 Å². The predicted molar refractivity (Wildman–Crippen MR) is 110 cm³/mol. The van der Waals surface area contributed by atoms with Crippen LogP contribution in [0.5, 0.6) is 0 Å². The molecule has 0 spiro atoms. The third-order valence-corrected chi connectivity index (χ3v) is 5.59. The van der Waals surface area contributed by atoms with Crippen LogP contribution in [0.4, 0.5) is 17.1 Å². The normalized spacial score (nSPS) is 12.3. The number of nitro benzene ring substituents is 1. The van der Waals surface area contributed by atoms with Gasteiger partial charge in [-0.15, -0.1) is 0 Å². The second-order valence-corrected chi connectivity index (χ2v) is 8.57. The van der Waals surface area contributed by atoms with E-state index in [-0.39, 0.29) is 28.5 Å². The lowest BCUT2D eigenvalue weighted by atomic mass is 10.1. The largest absolute Gasteiger partial charge is 0.323 e. The number of sulfonamides is 1. The lowest BCUT2D eigenvalue weighted by Crippen LogP contribution is -2.47. The van der Waals surface area contributed by atoms with E-state index in [0.29, 0.717) is 5.02 Å². The Kier molecular flexibility index (Phi) is 6.87. The molecule has 8 nitrogen and oxygen atoms in total. The first-order valence-corrected chi connectivity index (χ1v) is 10.6. The summed E-state index contributed by atoms with van der Waals surface area (Å²) < 4.78 is 25.7. The Balaban J connectivity index is 2.41. The molecule has 0 fully saturated rings. The van der Waals surface area contributed by atoms with Crippen LogP contribution in [-0.2, 0) is 14.8 Å². The Bertz CT molecular complexity index is 996. The lowest BCUT2D eigenvalue weighted by molar-refractivity contribution is -0.384. The number of non-ortho nitro benzene ring substituents is 1. The fraction of sp³-hybridized carbons (Fsp3) is 0.235. The molecule has 0 aliphatic carbocycles. The molecule has 0 saturated heterocycles. The molecule has 1 N–H and O–H groups in total. The maximum atomic E-state index is 12.8. The molecule has 2 aromatic carbocycles. The van der Waals surface area contributed by atoms with Crippen molar-refractivity contribution in [1.82, 2.24) is 0 Å². The topological polar surface area (TPSA) is 110 Å². The van der Waals surface area contributed by atoms with Crippen LogP contribution in [0.3, 0.4) is 0 Å². The zero-order valence-corrected chi connectivity index (χ0v) is 17.3. The Hall–Kier alpha value is -2.36. The number of hydrogen-bond donors (Lipinski definition) is 1. The Labute approximate surface area is 172 Å². The van der Waals surface area contributed by atoms with Crippen molar-refractivity contribution < 1.29 is 18.1 Å². The van der Waals surface area contributed by atoms with Crippen LogP contribution < -0.4 is 9.62 Å². The highest BCUT2D eigenvalue weighted by molar-refractivity contribution is 7.92. The van der Waals surface area contributed by atoms with Crippen LogP contribution in [0.25, 0.3) is 0 Å². The smallest absolute Gasteiger partial charge is 0.271 e. The van der Waals surface area contributed by atoms with Gasteiger partial charge in [0.1, 0.15) is 6.04 Å². The number of anilines is 2. The molecule has 1 atom stereocenters. The van der Waals surface area contributed by atoms with E-state index in [4.69, 9.17) is 23.2 Å². The first kappa shape index (κ1) is 21.9. The quantitative estimate of drug-likeness (QED) is 0.509. The highest BCUT2D eigenvalue weighted by Gasteiger charge is 2.32. The number of hydrogen-bond acceptors (Lipinski definition) is 5. The van der Waals surface area contributed by atoms with Crippen LogP contribution >= 0.6 is 23.2 Å². The first-order chi connectivity index (χ1) is 13.0. The summed E-state index contributed by atoms with van der Waals surface area (Å²) in [6.45, 7) is 1.65. The Morgan fingerprint density at radius 2 is 1.82 bits per heavy atom. The van der Waals surface area contributed by atoms with E-state index in [1.807, 2.05) is 0 Å². The number of carbonyl (C=O) groups is 1. The first-order valence-electron chi connectivity index (χ1n) is 8.04. The predicted octanol–water partition coefficient (Wildman–Crippen LogP) is 4.08. The van der Waals surface area contributed by atoms with Gasteiger partial charge in [0.05, 0.1) is 27.6 Å². The summed E-state index contributed by atoms with van der Waals surface area (Å²) in [5, 5.41) is 13.9. The van der Waals surface area contributed by atoms with E-state index in [1.54, 1.807) is 6.92 Å². The molecule has 0 bridgehead atoms. The molecular weight excluding hydrogens is 429 g/mol. The molecule has 28 heavy (non-hydrogen) atoms.